The van der Waals surface area contributed by atoms with Crippen LogP contribution in [0, 0.1) is 0 Å². The minimum Gasteiger partial charge on any atom is -0.486 e. The van der Waals surface area contributed by atoms with Crippen LogP contribution in [0.15, 0.2) is 18.2 Å². The third-order valence-electron chi connectivity index (χ3n) is 2.90. The molecule has 0 spiro atoms. The summed E-state index contributed by atoms with van der Waals surface area (Å²) in [5.41, 5.74) is 6.27. The molecule has 1 aromatic rings. The molecular weight excluding hydrogens is 232 g/mol. The van der Waals surface area contributed by atoms with Gasteiger partial charge in [-0.05, 0) is 24.6 Å². The Balaban J connectivity index is 2.10. The zero-order chi connectivity index (χ0) is 13.0. The molecule has 0 radical (unpaired) electrons. The van der Waals surface area contributed by atoms with Crippen molar-refractivity contribution >= 4 is 5.91 Å². The molecule has 98 valence electrons. The Hall–Kier alpha value is -1.75. The molecule has 5 heteroatoms. The van der Waals surface area contributed by atoms with E-state index in [-0.39, 0.29) is 11.8 Å². The van der Waals surface area contributed by atoms with Crippen molar-refractivity contribution in [1.29, 1.82) is 0 Å². The number of amides is 1. The number of rotatable bonds is 4. The van der Waals surface area contributed by atoms with Crippen molar-refractivity contribution < 1.29 is 14.3 Å². The number of ether oxygens (including phenoxy) is 2. The lowest BCUT2D eigenvalue weighted by molar-refractivity contribution is -0.122. The fraction of sp³-hybridized carbons (Fsp3) is 0.462. The Bertz CT molecular complexity index is 434. The summed E-state index contributed by atoms with van der Waals surface area (Å²) in [5, 5.41) is 2.77. The highest BCUT2D eigenvalue weighted by Crippen LogP contribution is 2.33. The number of nitrogens with two attached hydrogens (primary N) is 1. The second-order valence-electron chi connectivity index (χ2n) is 4.20. The van der Waals surface area contributed by atoms with Crippen molar-refractivity contribution in [3.8, 4) is 11.5 Å². The zero-order valence-electron chi connectivity index (χ0n) is 10.4. The lowest BCUT2D eigenvalue weighted by Crippen LogP contribution is -2.32. The van der Waals surface area contributed by atoms with Crippen molar-refractivity contribution in [1.82, 2.24) is 5.32 Å². The van der Waals surface area contributed by atoms with Gasteiger partial charge < -0.3 is 20.5 Å². The fourth-order valence-corrected chi connectivity index (χ4v) is 1.83. The Labute approximate surface area is 106 Å². The summed E-state index contributed by atoms with van der Waals surface area (Å²) < 4.78 is 10.9. The first kappa shape index (κ1) is 12.7. The van der Waals surface area contributed by atoms with Crippen LogP contribution in [0.2, 0.25) is 0 Å². The second kappa shape index (κ2) is 5.73. The maximum absolute atomic E-state index is 11.8. The number of benzene rings is 1. The molecule has 1 unspecified atom stereocenters. The van der Waals surface area contributed by atoms with Crippen molar-refractivity contribution in [2.24, 2.45) is 5.73 Å². The Morgan fingerprint density at radius 1 is 1.39 bits per heavy atom. The molecule has 5 nitrogen and oxygen atoms in total. The van der Waals surface area contributed by atoms with Crippen LogP contribution < -0.4 is 20.5 Å². The molecule has 18 heavy (non-hydrogen) atoms. The molecule has 1 aliphatic rings. The van der Waals surface area contributed by atoms with E-state index >= 15 is 0 Å². The van der Waals surface area contributed by atoms with Gasteiger partial charge in [-0.15, -0.1) is 0 Å². The van der Waals surface area contributed by atoms with Gasteiger partial charge in [-0.3, -0.25) is 4.79 Å². The third-order valence-corrected chi connectivity index (χ3v) is 2.90. The van der Waals surface area contributed by atoms with Crippen molar-refractivity contribution in [3.05, 3.63) is 23.8 Å². The summed E-state index contributed by atoms with van der Waals surface area (Å²) in [6, 6.07) is 5.60. The van der Waals surface area contributed by atoms with Crippen molar-refractivity contribution in [2.75, 3.05) is 26.3 Å². The molecule has 0 saturated heterocycles. The molecule has 3 N–H and O–H groups in total. The van der Waals surface area contributed by atoms with Crippen LogP contribution >= 0.6 is 0 Å². The Morgan fingerprint density at radius 2 is 2.11 bits per heavy atom. The summed E-state index contributed by atoms with van der Waals surface area (Å²) in [6.45, 7) is 3.91. The first-order chi connectivity index (χ1) is 8.72. The minimum atomic E-state index is -0.229. The van der Waals surface area contributed by atoms with Crippen LogP contribution in [0.1, 0.15) is 18.4 Å². The quantitative estimate of drug-likeness (QED) is 0.822. The Kier molecular flexibility index (Phi) is 4.04. The normalized spacial score (nSPS) is 15.0. The number of carbonyl (C=O) groups is 1. The van der Waals surface area contributed by atoms with Gasteiger partial charge in [0.2, 0.25) is 5.91 Å². The average Bonchev–Trinajstić information content (AvgIpc) is 2.43. The first-order valence-electron chi connectivity index (χ1n) is 6.09. The lowest BCUT2D eigenvalue weighted by atomic mass is 9.99. The highest BCUT2D eigenvalue weighted by atomic mass is 16.6. The molecular formula is C13H18N2O3. The molecule has 1 amide bonds. The van der Waals surface area contributed by atoms with Gasteiger partial charge in [-0.25, -0.2) is 0 Å². The van der Waals surface area contributed by atoms with Gasteiger partial charge in [0.15, 0.2) is 11.5 Å². The van der Waals surface area contributed by atoms with Gasteiger partial charge in [0.25, 0.3) is 0 Å². The van der Waals surface area contributed by atoms with Gasteiger partial charge in [0, 0.05) is 13.1 Å². The minimum absolute atomic E-state index is 0.0304. The smallest absolute Gasteiger partial charge is 0.227 e. The summed E-state index contributed by atoms with van der Waals surface area (Å²) in [4.78, 5) is 11.8. The van der Waals surface area contributed by atoms with E-state index in [9.17, 15) is 4.79 Å². The molecule has 1 aromatic carbocycles. The summed E-state index contributed by atoms with van der Waals surface area (Å²) in [5.74, 6) is 1.18. The number of nitrogens with one attached hydrogen (secondary N) is 1. The van der Waals surface area contributed by atoms with Gasteiger partial charge in [-0.2, -0.15) is 0 Å². The largest absolute Gasteiger partial charge is 0.486 e. The van der Waals surface area contributed by atoms with Crippen LogP contribution in [-0.4, -0.2) is 32.2 Å². The molecule has 0 aliphatic carbocycles. The molecule has 0 saturated carbocycles. The van der Waals surface area contributed by atoms with E-state index in [1.54, 1.807) is 0 Å². The molecule has 1 atom stereocenters. The third kappa shape index (κ3) is 2.73. The maximum atomic E-state index is 11.8. The Morgan fingerprint density at radius 3 is 2.83 bits per heavy atom. The van der Waals surface area contributed by atoms with Gasteiger partial charge in [0.05, 0.1) is 5.92 Å². The number of hydrogen-bond acceptors (Lipinski definition) is 4. The van der Waals surface area contributed by atoms with Crippen molar-refractivity contribution in [3.63, 3.8) is 0 Å². The average molecular weight is 250 g/mol. The number of fused-ring (bicyclic) bond motifs is 1. The van der Waals surface area contributed by atoms with Crippen LogP contribution in [0.3, 0.4) is 0 Å². The van der Waals surface area contributed by atoms with Crippen LogP contribution in [-0.2, 0) is 4.79 Å². The number of hydrogen-bond donors (Lipinski definition) is 2. The zero-order valence-corrected chi connectivity index (χ0v) is 10.4. The second-order valence-corrected chi connectivity index (χ2v) is 4.20. The topological polar surface area (TPSA) is 73.6 Å². The summed E-state index contributed by atoms with van der Waals surface area (Å²) >= 11 is 0. The van der Waals surface area contributed by atoms with Crippen LogP contribution in [0.25, 0.3) is 0 Å². The van der Waals surface area contributed by atoms with Gasteiger partial charge in [0.1, 0.15) is 13.2 Å². The highest BCUT2D eigenvalue weighted by molar-refractivity contribution is 5.83. The van der Waals surface area contributed by atoms with E-state index in [4.69, 9.17) is 15.2 Å². The summed E-state index contributed by atoms with van der Waals surface area (Å²) in [6.07, 6.45) is 0. The molecule has 1 aliphatic heterocycles. The van der Waals surface area contributed by atoms with Crippen LogP contribution in [0.4, 0.5) is 0 Å². The molecule has 0 fully saturated rings. The van der Waals surface area contributed by atoms with Crippen molar-refractivity contribution in [2.45, 2.75) is 12.8 Å². The van der Waals surface area contributed by atoms with E-state index in [0.29, 0.717) is 32.1 Å². The van der Waals surface area contributed by atoms with Gasteiger partial charge in [-0.1, -0.05) is 6.07 Å². The van der Waals surface area contributed by atoms with E-state index in [1.165, 1.54) is 0 Å². The standard InChI is InChI=1S/C13H18N2O3/c1-9(13(16)15-5-4-14)10-2-3-11-12(8-10)18-7-6-17-11/h2-3,8-9H,4-7,14H2,1H3,(H,15,16). The molecule has 1 heterocycles. The number of carbonyl (C=O) groups excluding carboxylic acids is 1. The van der Waals surface area contributed by atoms with E-state index in [1.807, 2.05) is 25.1 Å². The predicted octanol–water partition coefficient (Wildman–Crippen LogP) is 0.636. The van der Waals surface area contributed by atoms with Gasteiger partial charge >= 0.3 is 0 Å². The SMILES string of the molecule is CC(C(=O)NCCN)c1ccc2c(c1)OCCO2. The lowest BCUT2D eigenvalue weighted by Gasteiger charge is -2.20. The molecule has 2 rings (SSSR count). The maximum Gasteiger partial charge on any atom is 0.227 e. The van der Waals surface area contributed by atoms with E-state index in [2.05, 4.69) is 5.32 Å². The summed E-state index contributed by atoms with van der Waals surface area (Å²) in [7, 11) is 0. The fourth-order valence-electron chi connectivity index (χ4n) is 1.83. The van der Waals surface area contributed by atoms with E-state index in [0.717, 1.165) is 11.3 Å². The first-order valence-corrected chi connectivity index (χ1v) is 6.09. The predicted molar refractivity (Wildman–Crippen MR) is 67.9 cm³/mol. The molecule has 0 aromatic heterocycles. The van der Waals surface area contributed by atoms with E-state index < -0.39 is 0 Å². The highest BCUT2D eigenvalue weighted by Gasteiger charge is 2.18. The molecule has 0 bridgehead atoms. The monoisotopic (exact) mass is 250 g/mol. The van der Waals surface area contributed by atoms with Crippen LogP contribution in [0.5, 0.6) is 11.5 Å².